The number of furan rings is 1. The van der Waals surface area contributed by atoms with Gasteiger partial charge in [0, 0.05) is 69.7 Å². The summed E-state index contributed by atoms with van der Waals surface area (Å²) in [6.07, 6.45) is 4.37. The normalized spacial score (nSPS) is 11.7. The number of alkyl halides is 1. The Balaban J connectivity index is 1.63. The van der Waals surface area contributed by atoms with Crippen LogP contribution >= 0.6 is 0 Å². The van der Waals surface area contributed by atoms with E-state index in [1.807, 2.05) is 67.6 Å². The summed E-state index contributed by atoms with van der Waals surface area (Å²) in [6, 6.07) is 22.6. The van der Waals surface area contributed by atoms with Crippen LogP contribution in [0.25, 0.3) is 55.6 Å². The van der Waals surface area contributed by atoms with Crippen molar-refractivity contribution in [1.29, 1.82) is 0 Å². The number of aryl methyl sites for hydroxylation is 1. The highest BCUT2D eigenvalue weighted by atomic mass is 32.2. The van der Waals surface area contributed by atoms with Crippen molar-refractivity contribution in [3.05, 3.63) is 96.3 Å². The summed E-state index contributed by atoms with van der Waals surface area (Å²) in [6.45, 7) is 0.678. The average Bonchev–Trinajstić information content (AvgIpc) is 3.60. The number of aromatic amines is 1. The largest absolute Gasteiger partial charge is 0.455 e. The molecular weight excluding hydrogens is 567 g/mol. The number of fused-ring (bicyclic) bond motifs is 2. The second-order valence-electron chi connectivity index (χ2n) is 10.4. The van der Waals surface area contributed by atoms with Gasteiger partial charge in [0.1, 0.15) is 18.0 Å². The maximum absolute atomic E-state index is 13.8. The minimum absolute atomic E-state index is 0.218. The van der Waals surface area contributed by atoms with Crippen LogP contribution in [-0.4, -0.2) is 50.8 Å². The summed E-state index contributed by atoms with van der Waals surface area (Å²) in [5.74, 6) is -0.0134. The fourth-order valence-electron chi connectivity index (χ4n) is 5.33. The molecule has 8 nitrogen and oxygen atoms in total. The fraction of sp³-hybridized carbons (Fsp3) is 0.152. The number of pyridine rings is 1. The zero-order valence-corrected chi connectivity index (χ0v) is 24.6. The molecule has 3 aromatic carbocycles. The van der Waals surface area contributed by atoms with Crippen LogP contribution in [-0.2, 0) is 10.0 Å². The van der Waals surface area contributed by atoms with Gasteiger partial charge in [0.15, 0.2) is 0 Å². The van der Waals surface area contributed by atoms with Gasteiger partial charge in [-0.25, -0.2) is 12.8 Å². The molecule has 0 bridgehead atoms. The van der Waals surface area contributed by atoms with Gasteiger partial charge in [0.05, 0.1) is 24.1 Å². The molecule has 0 radical (unpaired) electrons. The number of benzene rings is 3. The second-order valence-corrected chi connectivity index (χ2v) is 12.3. The number of carbonyl (C=O) groups is 1. The van der Waals surface area contributed by atoms with Crippen molar-refractivity contribution in [2.45, 2.75) is 6.92 Å². The van der Waals surface area contributed by atoms with Gasteiger partial charge in [-0.1, -0.05) is 48.0 Å². The van der Waals surface area contributed by atoms with E-state index in [1.165, 1.54) is 7.05 Å². The Morgan fingerprint density at radius 3 is 2.44 bits per heavy atom. The molecule has 6 rings (SSSR count). The number of hydrogen-bond donors (Lipinski definition) is 2. The van der Waals surface area contributed by atoms with Crippen LogP contribution < -0.4 is 9.62 Å². The van der Waals surface area contributed by atoms with E-state index in [9.17, 15) is 17.6 Å². The van der Waals surface area contributed by atoms with E-state index in [2.05, 4.69) is 15.3 Å². The Labute approximate surface area is 248 Å². The number of H-pyrrole nitrogens is 1. The first kappa shape index (κ1) is 28.2. The third-order valence-electron chi connectivity index (χ3n) is 7.42. The zero-order valence-electron chi connectivity index (χ0n) is 23.8. The molecule has 0 aliphatic carbocycles. The van der Waals surface area contributed by atoms with Crippen molar-refractivity contribution in [3.8, 4) is 33.7 Å². The van der Waals surface area contributed by atoms with Gasteiger partial charge in [-0.3, -0.25) is 14.1 Å². The van der Waals surface area contributed by atoms with Gasteiger partial charge in [-0.05, 0) is 31.2 Å². The Morgan fingerprint density at radius 2 is 1.74 bits per heavy atom. The van der Waals surface area contributed by atoms with Gasteiger partial charge in [-0.2, -0.15) is 0 Å². The number of anilines is 1. The van der Waals surface area contributed by atoms with Gasteiger partial charge in [0.25, 0.3) is 5.91 Å². The number of amides is 1. The molecule has 0 saturated carbocycles. The molecule has 2 N–H and O–H groups in total. The summed E-state index contributed by atoms with van der Waals surface area (Å²) in [5.41, 5.74) is 6.17. The van der Waals surface area contributed by atoms with Crippen LogP contribution in [0.3, 0.4) is 0 Å². The molecule has 0 atom stereocenters. The van der Waals surface area contributed by atoms with Crippen molar-refractivity contribution in [2.75, 3.05) is 30.8 Å². The minimum atomic E-state index is -3.89. The predicted molar refractivity (Wildman–Crippen MR) is 168 cm³/mol. The van der Waals surface area contributed by atoms with Crippen molar-refractivity contribution >= 4 is 43.5 Å². The average molecular weight is 597 g/mol. The second kappa shape index (κ2) is 11.0. The molecule has 0 aliphatic heterocycles. The number of carbonyl (C=O) groups excluding carboxylic acids is 1. The highest BCUT2D eigenvalue weighted by Gasteiger charge is 2.27. The number of sulfonamides is 1. The first-order valence-electron chi connectivity index (χ1n) is 13.6. The lowest BCUT2D eigenvalue weighted by Crippen LogP contribution is -2.32. The number of aromatic nitrogens is 2. The van der Waals surface area contributed by atoms with E-state index in [-0.39, 0.29) is 18.1 Å². The third-order valence-corrected chi connectivity index (χ3v) is 8.60. The number of hydrogen-bond acceptors (Lipinski definition) is 5. The van der Waals surface area contributed by atoms with Gasteiger partial charge in [0.2, 0.25) is 10.0 Å². The van der Waals surface area contributed by atoms with Gasteiger partial charge in [-0.15, -0.1) is 0 Å². The van der Waals surface area contributed by atoms with E-state index in [1.54, 1.807) is 24.5 Å². The standard InChI is InChI=1S/C33H29FN4O4S/c1-20-8-10-21(11-9-20)32-31(33(39)35-2)26-16-25(29(17-30(26)42-32)38(13-12-34)43(3,40)41)23-14-24(19-36-18-23)28-15-22-6-4-5-7-27(22)37-28/h4-11,14-19,37H,12-13H2,1-3H3,(H,35,39). The highest BCUT2D eigenvalue weighted by molar-refractivity contribution is 7.92. The Hall–Kier alpha value is -4.96. The van der Waals surface area contributed by atoms with Crippen LogP contribution in [0.2, 0.25) is 0 Å². The number of rotatable bonds is 8. The number of nitrogens with one attached hydrogen (secondary N) is 2. The lowest BCUT2D eigenvalue weighted by Gasteiger charge is -2.24. The van der Waals surface area contributed by atoms with Crippen LogP contribution in [0.15, 0.2) is 89.6 Å². The smallest absolute Gasteiger partial charge is 0.255 e. The first-order valence-corrected chi connectivity index (χ1v) is 15.5. The molecule has 43 heavy (non-hydrogen) atoms. The molecule has 6 aromatic rings. The Morgan fingerprint density at radius 1 is 1.00 bits per heavy atom. The quantitative estimate of drug-likeness (QED) is 0.203. The van der Waals surface area contributed by atoms with Crippen LogP contribution in [0.5, 0.6) is 0 Å². The zero-order chi connectivity index (χ0) is 30.3. The lowest BCUT2D eigenvalue weighted by molar-refractivity contribution is 0.0964. The van der Waals surface area contributed by atoms with E-state index in [0.717, 1.165) is 38.3 Å². The maximum Gasteiger partial charge on any atom is 0.255 e. The predicted octanol–water partition coefficient (Wildman–Crippen LogP) is 6.71. The number of nitrogens with zero attached hydrogens (tertiary/aromatic N) is 2. The lowest BCUT2D eigenvalue weighted by atomic mass is 9.98. The molecular formula is C33H29FN4O4S. The SMILES string of the molecule is CNC(=O)c1c(-c2ccc(C)cc2)oc2cc(N(CCF)S(C)(=O)=O)c(-c3cncc(-c4cc5ccccc5[nH]4)c3)cc12. The van der Waals surface area contributed by atoms with E-state index >= 15 is 0 Å². The van der Waals surface area contributed by atoms with E-state index < -0.39 is 16.7 Å². The van der Waals surface area contributed by atoms with Gasteiger partial charge >= 0.3 is 0 Å². The molecule has 3 heterocycles. The molecule has 218 valence electrons. The summed E-state index contributed by atoms with van der Waals surface area (Å²) >= 11 is 0. The summed E-state index contributed by atoms with van der Waals surface area (Å²) in [5, 5.41) is 4.21. The minimum Gasteiger partial charge on any atom is -0.455 e. The van der Waals surface area contributed by atoms with Crippen LogP contribution in [0, 0.1) is 6.92 Å². The molecule has 3 aromatic heterocycles. The van der Waals surface area contributed by atoms with Crippen molar-refractivity contribution in [1.82, 2.24) is 15.3 Å². The Bertz CT molecular complexity index is 2070. The fourth-order valence-corrected chi connectivity index (χ4v) is 6.24. The molecule has 0 spiro atoms. The maximum atomic E-state index is 13.8. The topological polar surface area (TPSA) is 108 Å². The summed E-state index contributed by atoms with van der Waals surface area (Å²) in [7, 11) is -2.36. The van der Waals surface area contributed by atoms with Crippen LogP contribution in [0.4, 0.5) is 10.1 Å². The van der Waals surface area contributed by atoms with E-state index in [4.69, 9.17) is 4.42 Å². The Kier molecular flexibility index (Phi) is 7.23. The van der Waals surface area contributed by atoms with Crippen LogP contribution in [0.1, 0.15) is 15.9 Å². The summed E-state index contributed by atoms with van der Waals surface area (Å²) < 4.78 is 46.9. The molecule has 0 saturated heterocycles. The third kappa shape index (κ3) is 5.25. The summed E-state index contributed by atoms with van der Waals surface area (Å²) in [4.78, 5) is 21.1. The molecule has 0 aliphatic rings. The molecule has 0 fully saturated rings. The van der Waals surface area contributed by atoms with Gasteiger partial charge < -0.3 is 14.7 Å². The number of para-hydroxylation sites is 1. The highest BCUT2D eigenvalue weighted by Crippen LogP contribution is 2.42. The molecule has 1 amide bonds. The molecule has 0 unspecified atom stereocenters. The van der Waals surface area contributed by atoms with Crippen molar-refractivity contribution < 1.29 is 22.0 Å². The first-order chi connectivity index (χ1) is 20.7. The van der Waals surface area contributed by atoms with E-state index in [0.29, 0.717) is 39.0 Å². The van der Waals surface area contributed by atoms with Crippen molar-refractivity contribution in [2.24, 2.45) is 0 Å². The monoisotopic (exact) mass is 596 g/mol. The molecule has 10 heteroatoms. The van der Waals surface area contributed by atoms with Crippen molar-refractivity contribution in [3.63, 3.8) is 0 Å². The number of halogens is 1.